The molecule has 0 aromatic heterocycles. The lowest BCUT2D eigenvalue weighted by Crippen LogP contribution is -2.41. The molecular formula is C23H32N2O6S. The summed E-state index contributed by atoms with van der Waals surface area (Å²) in [5.74, 6) is 0.293. The minimum absolute atomic E-state index is 0.00569. The number of hydrogen-bond acceptors (Lipinski definition) is 6. The highest BCUT2D eigenvalue weighted by atomic mass is 32.2. The van der Waals surface area contributed by atoms with Gasteiger partial charge in [-0.05, 0) is 51.5 Å². The first-order valence-electron chi connectivity index (χ1n) is 10.4. The Morgan fingerprint density at radius 2 is 1.69 bits per heavy atom. The van der Waals surface area contributed by atoms with Crippen molar-refractivity contribution in [2.24, 2.45) is 0 Å². The van der Waals surface area contributed by atoms with Gasteiger partial charge >= 0.3 is 0 Å². The van der Waals surface area contributed by atoms with Gasteiger partial charge in [-0.25, -0.2) is 8.42 Å². The zero-order chi connectivity index (χ0) is 23.7. The van der Waals surface area contributed by atoms with Crippen molar-refractivity contribution in [2.75, 3.05) is 38.2 Å². The molecule has 2 aromatic carbocycles. The third-order valence-corrected chi connectivity index (χ3v) is 6.42. The molecule has 0 radical (unpaired) electrons. The van der Waals surface area contributed by atoms with Crippen LogP contribution in [0.5, 0.6) is 11.5 Å². The van der Waals surface area contributed by atoms with Crippen molar-refractivity contribution in [3.63, 3.8) is 0 Å². The summed E-state index contributed by atoms with van der Waals surface area (Å²) >= 11 is 0. The van der Waals surface area contributed by atoms with Gasteiger partial charge in [0.25, 0.3) is 10.0 Å². The molecule has 8 nitrogen and oxygen atoms in total. The van der Waals surface area contributed by atoms with Crippen LogP contribution in [0, 0.1) is 6.92 Å². The lowest BCUT2D eigenvalue weighted by molar-refractivity contribution is -0.119. The van der Waals surface area contributed by atoms with Gasteiger partial charge in [0.05, 0.1) is 30.9 Å². The van der Waals surface area contributed by atoms with E-state index in [0.717, 1.165) is 9.87 Å². The van der Waals surface area contributed by atoms with Gasteiger partial charge in [0, 0.05) is 19.2 Å². The van der Waals surface area contributed by atoms with Crippen molar-refractivity contribution in [3.8, 4) is 11.5 Å². The van der Waals surface area contributed by atoms with Gasteiger partial charge in [-0.2, -0.15) is 0 Å². The van der Waals surface area contributed by atoms with E-state index in [1.807, 2.05) is 20.8 Å². The number of hydrogen-bond donors (Lipinski definition) is 1. The molecular weight excluding hydrogens is 432 g/mol. The minimum atomic E-state index is -4.05. The lowest BCUT2D eigenvalue weighted by atomic mass is 10.2. The van der Waals surface area contributed by atoms with E-state index in [2.05, 4.69) is 5.32 Å². The molecule has 0 bridgehead atoms. The molecule has 176 valence electrons. The smallest absolute Gasteiger partial charge is 0.264 e. The number of rotatable bonds is 12. The summed E-state index contributed by atoms with van der Waals surface area (Å²) in [4.78, 5) is 12.6. The Hall–Kier alpha value is -2.78. The van der Waals surface area contributed by atoms with E-state index in [-0.39, 0.29) is 23.3 Å². The second kappa shape index (κ2) is 11.7. The standard InChI is InChI=1S/C23H32N2O6S/c1-17(2)31-14-6-13-24-23(26)16-25(19-9-7-18(3)8-10-19)32(27,28)20-11-12-21(29-4)22(15-20)30-5/h7-12,15,17H,6,13-14,16H2,1-5H3,(H,24,26). The number of carbonyl (C=O) groups excluding carboxylic acids is 1. The third-order valence-electron chi connectivity index (χ3n) is 4.65. The van der Waals surface area contributed by atoms with Crippen LogP contribution in [-0.2, 0) is 19.6 Å². The molecule has 9 heteroatoms. The molecule has 0 aliphatic rings. The van der Waals surface area contributed by atoms with Crippen LogP contribution in [0.2, 0.25) is 0 Å². The van der Waals surface area contributed by atoms with Crippen LogP contribution in [0.3, 0.4) is 0 Å². The third kappa shape index (κ3) is 6.86. The van der Waals surface area contributed by atoms with Crippen LogP contribution in [0.25, 0.3) is 0 Å². The van der Waals surface area contributed by atoms with Crippen molar-refractivity contribution in [3.05, 3.63) is 48.0 Å². The number of amides is 1. The molecule has 0 saturated heterocycles. The highest BCUT2D eigenvalue weighted by molar-refractivity contribution is 7.92. The van der Waals surface area contributed by atoms with Crippen molar-refractivity contribution in [2.45, 2.75) is 38.2 Å². The van der Waals surface area contributed by atoms with E-state index in [0.29, 0.717) is 31.0 Å². The van der Waals surface area contributed by atoms with Gasteiger partial charge < -0.3 is 19.5 Å². The number of ether oxygens (including phenoxy) is 3. The Balaban J connectivity index is 2.27. The second-order valence-corrected chi connectivity index (χ2v) is 9.35. The summed E-state index contributed by atoms with van der Waals surface area (Å²) in [6.07, 6.45) is 0.756. The van der Waals surface area contributed by atoms with Crippen LogP contribution in [0.4, 0.5) is 5.69 Å². The SMILES string of the molecule is COc1ccc(S(=O)(=O)N(CC(=O)NCCCOC(C)C)c2ccc(C)cc2)cc1OC. The van der Waals surface area contributed by atoms with Gasteiger partial charge in [-0.1, -0.05) is 17.7 Å². The summed E-state index contributed by atoms with van der Waals surface area (Å²) in [5, 5.41) is 2.76. The van der Waals surface area contributed by atoms with E-state index >= 15 is 0 Å². The predicted octanol–water partition coefficient (Wildman–Crippen LogP) is 3.14. The van der Waals surface area contributed by atoms with Crippen molar-refractivity contribution >= 4 is 21.6 Å². The van der Waals surface area contributed by atoms with E-state index in [9.17, 15) is 13.2 Å². The first-order valence-corrected chi connectivity index (χ1v) is 11.8. The van der Waals surface area contributed by atoms with Crippen molar-refractivity contribution < 1.29 is 27.4 Å². The maximum atomic E-state index is 13.5. The number of benzene rings is 2. The van der Waals surface area contributed by atoms with Gasteiger partial charge in [-0.3, -0.25) is 9.10 Å². The molecule has 1 amide bonds. The van der Waals surface area contributed by atoms with E-state index in [1.54, 1.807) is 24.3 Å². The van der Waals surface area contributed by atoms with E-state index in [1.165, 1.54) is 32.4 Å². The molecule has 0 atom stereocenters. The maximum Gasteiger partial charge on any atom is 0.264 e. The van der Waals surface area contributed by atoms with Crippen LogP contribution < -0.4 is 19.1 Å². The Kier molecular flexibility index (Phi) is 9.34. The molecule has 1 N–H and O–H groups in total. The highest BCUT2D eigenvalue weighted by Crippen LogP contribution is 2.32. The van der Waals surface area contributed by atoms with Crippen LogP contribution in [0.15, 0.2) is 47.4 Å². The fourth-order valence-electron chi connectivity index (χ4n) is 2.94. The average Bonchev–Trinajstić information content (AvgIpc) is 2.77. The number of methoxy groups -OCH3 is 2. The van der Waals surface area contributed by atoms with Gasteiger partial charge in [0.15, 0.2) is 11.5 Å². The second-order valence-electron chi connectivity index (χ2n) is 7.49. The Morgan fingerprint density at radius 1 is 1.03 bits per heavy atom. The molecule has 0 aliphatic carbocycles. The van der Waals surface area contributed by atoms with Gasteiger partial charge in [0.1, 0.15) is 6.54 Å². The summed E-state index contributed by atoms with van der Waals surface area (Å²) in [5.41, 5.74) is 1.37. The molecule has 32 heavy (non-hydrogen) atoms. The fourth-order valence-corrected chi connectivity index (χ4v) is 4.37. The number of anilines is 1. The van der Waals surface area contributed by atoms with E-state index < -0.39 is 15.9 Å². The number of sulfonamides is 1. The maximum absolute atomic E-state index is 13.5. The molecule has 0 heterocycles. The normalized spacial score (nSPS) is 11.3. The Morgan fingerprint density at radius 3 is 2.28 bits per heavy atom. The summed E-state index contributed by atoms with van der Waals surface area (Å²) in [7, 11) is -1.15. The quantitative estimate of drug-likeness (QED) is 0.485. The Bertz CT molecular complexity index is 990. The molecule has 0 saturated carbocycles. The first-order chi connectivity index (χ1) is 15.2. The zero-order valence-electron chi connectivity index (χ0n) is 19.3. The number of aryl methyl sites for hydroxylation is 1. The van der Waals surface area contributed by atoms with Crippen LogP contribution in [0.1, 0.15) is 25.8 Å². The van der Waals surface area contributed by atoms with Crippen molar-refractivity contribution in [1.29, 1.82) is 0 Å². The molecule has 2 rings (SSSR count). The van der Waals surface area contributed by atoms with Gasteiger partial charge in [-0.15, -0.1) is 0 Å². The topological polar surface area (TPSA) is 94.2 Å². The summed E-state index contributed by atoms with van der Waals surface area (Å²) in [6, 6.07) is 11.3. The largest absolute Gasteiger partial charge is 0.493 e. The zero-order valence-corrected chi connectivity index (χ0v) is 20.1. The first kappa shape index (κ1) is 25.5. The lowest BCUT2D eigenvalue weighted by Gasteiger charge is -2.24. The van der Waals surface area contributed by atoms with Crippen LogP contribution >= 0.6 is 0 Å². The van der Waals surface area contributed by atoms with Crippen LogP contribution in [-0.4, -0.2) is 54.3 Å². The molecule has 2 aromatic rings. The fraction of sp³-hybridized carbons (Fsp3) is 0.435. The van der Waals surface area contributed by atoms with Gasteiger partial charge in [0.2, 0.25) is 5.91 Å². The summed E-state index contributed by atoms with van der Waals surface area (Å²) < 4.78 is 44.0. The number of carbonyl (C=O) groups is 1. The monoisotopic (exact) mass is 464 g/mol. The van der Waals surface area contributed by atoms with E-state index in [4.69, 9.17) is 14.2 Å². The summed E-state index contributed by atoms with van der Waals surface area (Å²) in [6.45, 7) is 6.34. The Labute approximate surface area is 190 Å². The van der Waals surface area contributed by atoms with Crippen molar-refractivity contribution in [1.82, 2.24) is 5.32 Å². The predicted molar refractivity (Wildman–Crippen MR) is 124 cm³/mol. The molecule has 0 aliphatic heterocycles. The molecule has 0 unspecified atom stereocenters. The minimum Gasteiger partial charge on any atom is -0.493 e. The number of nitrogens with one attached hydrogen (secondary N) is 1. The molecule has 0 spiro atoms. The highest BCUT2D eigenvalue weighted by Gasteiger charge is 2.28. The number of nitrogens with zero attached hydrogens (tertiary/aromatic N) is 1. The molecule has 0 fully saturated rings. The average molecular weight is 465 g/mol.